The third kappa shape index (κ3) is 2.58. The van der Waals surface area contributed by atoms with Crippen LogP contribution in [-0.2, 0) is 0 Å². The van der Waals surface area contributed by atoms with Gasteiger partial charge in [0.15, 0.2) is 0 Å². The molecule has 0 fully saturated rings. The Hall–Kier alpha value is -2.71. The minimum absolute atomic E-state index is 0.281. The van der Waals surface area contributed by atoms with Gasteiger partial charge in [0.25, 0.3) is 11.5 Å². The van der Waals surface area contributed by atoms with E-state index in [1.54, 1.807) is 19.9 Å². The highest BCUT2D eigenvalue weighted by Gasteiger charge is 2.44. The fourth-order valence-corrected chi connectivity index (χ4v) is 4.06. The number of pyridine rings is 2. The number of nitrogens with one attached hydrogen (secondary N) is 2. The molecule has 4 rings (SSSR count). The number of aliphatic hydroxyl groups excluding tert-OH is 1. The first kappa shape index (κ1) is 16.7. The van der Waals surface area contributed by atoms with Crippen molar-refractivity contribution in [2.45, 2.75) is 31.6 Å². The summed E-state index contributed by atoms with van der Waals surface area (Å²) >= 11 is 1.41. The number of carbonyl (C=O) groups is 1. The summed E-state index contributed by atoms with van der Waals surface area (Å²) in [5, 5.41) is 16.3. The quantitative estimate of drug-likeness (QED) is 0.639. The highest BCUT2D eigenvalue weighted by Crippen LogP contribution is 2.43. The van der Waals surface area contributed by atoms with Gasteiger partial charge in [-0.3, -0.25) is 14.6 Å². The van der Waals surface area contributed by atoms with Gasteiger partial charge in [0.2, 0.25) is 0 Å². The predicted molar refractivity (Wildman–Crippen MR) is 97.6 cm³/mol. The van der Waals surface area contributed by atoms with Crippen LogP contribution >= 0.6 is 11.3 Å². The zero-order valence-corrected chi connectivity index (χ0v) is 15.0. The number of hydrogen-bond acceptors (Lipinski definition) is 6. The molecule has 3 aromatic heterocycles. The molecule has 0 saturated heterocycles. The van der Waals surface area contributed by atoms with E-state index in [1.807, 2.05) is 11.4 Å². The monoisotopic (exact) mass is 371 g/mol. The fourth-order valence-electron chi connectivity index (χ4n) is 3.16. The van der Waals surface area contributed by atoms with Gasteiger partial charge in [0.1, 0.15) is 17.5 Å². The van der Waals surface area contributed by atoms with Gasteiger partial charge in [-0.05, 0) is 31.4 Å². The molecule has 26 heavy (non-hydrogen) atoms. The Morgan fingerprint density at radius 3 is 2.96 bits per heavy atom. The van der Waals surface area contributed by atoms with Gasteiger partial charge < -0.3 is 20.1 Å². The van der Waals surface area contributed by atoms with Gasteiger partial charge in [-0.2, -0.15) is 0 Å². The number of carbonyl (C=O) groups excluding carboxylic acids is 1. The second-order valence-corrected chi connectivity index (χ2v) is 7.65. The molecular weight excluding hydrogens is 354 g/mol. The number of ether oxygens (including phenoxy) is 1. The Bertz CT molecular complexity index is 1060. The molecule has 0 bridgehead atoms. The molecule has 134 valence electrons. The van der Waals surface area contributed by atoms with Crippen LogP contribution in [0.2, 0.25) is 0 Å². The summed E-state index contributed by atoms with van der Waals surface area (Å²) in [6.07, 6.45) is 3.41. The van der Waals surface area contributed by atoms with E-state index in [0.29, 0.717) is 16.5 Å². The predicted octanol–water partition coefficient (Wildman–Crippen LogP) is 1.99. The van der Waals surface area contributed by atoms with Gasteiger partial charge in [0, 0.05) is 24.0 Å². The average Bonchev–Trinajstić information content (AvgIpc) is 3.06. The van der Waals surface area contributed by atoms with E-state index < -0.39 is 23.7 Å². The molecule has 0 saturated carbocycles. The molecule has 1 aliphatic heterocycles. The van der Waals surface area contributed by atoms with E-state index >= 15 is 0 Å². The lowest BCUT2D eigenvalue weighted by molar-refractivity contribution is -0.0611. The van der Waals surface area contributed by atoms with Crippen LogP contribution < -0.4 is 15.6 Å². The van der Waals surface area contributed by atoms with Crippen LogP contribution in [0.15, 0.2) is 40.9 Å². The van der Waals surface area contributed by atoms with Crippen LogP contribution in [0.1, 0.15) is 35.1 Å². The standard InChI is InChI=1S/C18H17N3O4S/c1-18(2)15(22)13(14-12(25-18)4-6-26-14)21-17(24)11-8-19-7-10-9(11)3-5-20-16(10)23/h3-8,13,15,22H,1-2H3,(H,20,23)(H,21,24)/t13-,15+/m1/s1. The molecule has 2 atom stereocenters. The molecule has 0 aliphatic carbocycles. The maximum absolute atomic E-state index is 12.9. The molecule has 7 nitrogen and oxygen atoms in total. The minimum atomic E-state index is -0.927. The number of rotatable bonds is 2. The summed E-state index contributed by atoms with van der Waals surface area (Å²) in [6, 6.07) is 2.87. The number of nitrogens with zero attached hydrogens (tertiary/aromatic N) is 1. The fraction of sp³-hybridized carbons (Fsp3) is 0.278. The summed E-state index contributed by atoms with van der Waals surface area (Å²) in [4.78, 5) is 32.2. The van der Waals surface area contributed by atoms with Gasteiger partial charge >= 0.3 is 0 Å². The number of thiophene rings is 1. The molecule has 3 aromatic rings. The van der Waals surface area contributed by atoms with E-state index in [0.717, 1.165) is 4.88 Å². The lowest BCUT2D eigenvalue weighted by atomic mass is 9.90. The van der Waals surface area contributed by atoms with E-state index in [9.17, 15) is 14.7 Å². The van der Waals surface area contributed by atoms with Crippen molar-refractivity contribution >= 4 is 28.0 Å². The van der Waals surface area contributed by atoms with Crippen LogP contribution in [-0.4, -0.2) is 32.7 Å². The second-order valence-electron chi connectivity index (χ2n) is 6.71. The Balaban J connectivity index is 1.74. The zero-order valence-electron chi connectivity index (χ0n) is 14.1. The maximum Gasteiger partial charge on any atom is 0.257 e. The molecule has 4 heterocycles. The van der Waals surface area contributed by atoms with Crippen LogP contribution in [0, 0.1) is 0 Å². The highest BCUT2D eigenvalue weighted by molar-refractivity contribution is 7.10. The smallest absolute Gasteiger partial charge is 0.257 e. The van der Waals surface area contributed by atoms with E-state index in [-0.39, 0.29) is 11.1 Å². The first-order valence-electron chi connectivity index (χ1n) is 8.09. The maximum atomic E-state index is 12.9. The van der Waals surface area contributed by atoms with Crippen molar-refractivity contribution in [2.75, 3.05) is 0 Å². The topological polar surface area (TPSA) is 104 Å². The Kier molecular flexibility index (Phi) is 3.82. The Labute approximate surface area is 152 Å². The summed E-state index contributed by atoms with van der Waals surface area (Å²) < 4.78 is 5.83. The molecule has 0 unspecified atom stereocenters. The van der Waals surface area contributed by atoms with Crippen molar-refractivity contribution in [1.29, 1.82) is 0 Å². The van der Waals surface area contributed by atoms with Crippen LogP contribution in [0.3, 0.4) is 0 Å². The SMILES string of the molecule is CC1(C)Oc2ccsc2[C@@H](NC(=O)c2cncc3c(=O)[nH]ccc23)[C@@H]1O. The first-order valence-corrected chi connectivity index (χ1v) is 8.97. The van der Waals surface area contributed by atoms with Crippen molar-refractivity contribution < 1.29 is 14.6 Å². The van der Waals surface area contributed by atoms with Crippen LogP contribution in [0.5, 0.6) is 5.75 Å². The number of aromatic nitrogens is 2. The number of H-pyrrole nitrogens is 1. The Morgan fingerprint density at radius 1 is 1.35 bits per heavy atom. The molecule has 1 amide bonds. The van der Waals surface area contributed by atoms with Gasteiger partial charge in [-0.15, -0.1) is 11.3 Å². The molecular formula is C18H17N3O4S. The molecule has 1 aliphatic rings. The summed E-state index contributed by atoms with van der Waals surface area (Å²) in [5.41, 5.74) is -0.874. The molecule has 8 heteroatoms. The summed E-state index contributed by atoms with van der Waals surface area (Å²) in [6.45, 7) is 3.55. The molecule has 0 aromatic carbocycles. The highest BCUT2D eigenvalue weighted by atomic mass is 32.1. The number of fused-ring (bicyclic) bond motifs is 2. The van der Waals surface area contributed by atoms with Crippen LogP contribution in [0.25, 0.3) is 10.8 Å². The summed E-state index contributed by atoms with van der Waals surface area (Å²) in [5.74, 6) is 0.248. The Morgan fingerprint density at radius 2 is 2.15 bits per heavy atom. The van der Waals surface area contributed by atoms with Gasteiger partial charge in [0.05, 0.1) is 21.9 Å². The van der Waals surface area contributed by atoms with Crippen molar-refractivity contribution in [2.24, 2.45) is 0 Å². The zero-order chi connectivity index (χ0) is 18.5. The van der Waals surface area contributed by atoms with Gasteiger partial charge in [-0.1, -0.05) is 0 Å². The van der Waals surface area contributed by atoms with E-state index in [2.05, 4.69) is 15.3 Å². The number of amides is 1. The van der Waals surface area contributed by atoms with Crippen molar-refractivity contribution in [3.8, 4) is 5.75 Å². The first-order chi connectivity index (χ1) is 12.4. The number of aliphatic hydroxyl groups is 1. The van der Waals surface area contributed by atoms with Gasteiger partial charge in [-0.25, -0.2) is 0 Å². The molecule has 3 N–H and O–H groups in total. The van der Waals surface area contributed by atoms with Crippen molar-refractivity contribution in [3.63, 3.8) is 0 Å². The average molecular weight is 371 g/mol. The number of hydrogen-bond donors (Lipinski definition) is 3. The normalized spacial score (nSPS) is 21.0. The van der Waals surface area contributed by atoms with Crippen molar-refractivity contribution in [1.82, 2.24) is 15.3 Å². The third-order valence-corrected chi connectivity index (χ3v) is 5.55. The molecule has 0 spiro atoms. The van der Waals surface area contributed by atoms with E-state index in [1.165, 1.54) is 29.9 Å². The van der Waals surface area contributed by atoms with Crippen LogP contribution in [0.4, 0.5) is 0 Å². The van der Waals surface area contributed by atoms with Crippen molar-refractivity contribution in [3.05, 3.63) is 56.9 Å². The number of aromatic amines is 1. The second kappa shape index (κ2) is 5.93. The molecule has 0 radical (unpaired) electrons. The van der Waals surface area contributed by atoms with E-state index in [4.69, 9.17) is 4.74 Å². The third-order valence-electron chi connectivity index (χ3n) is 4.57. The lowest BCUT2D eigenvalue weighted by Gasteiger charge is -2.40. The minimum Gasteiger partial charge on any atom is -0.484 e. The lowest BCUT2D eigenvalue weighted by Crippen LogP contribution is -2.53. The summed E-state index contributed by atoms with van der Waals surface area (Å²) in [7, 11) is 0. The largest absolute Gasteiger partial charge is 0.484 e.